The van der Waals surface area contributed by atoms with Crippen LogP contribution >= 0.6 is 23.2 Å². The van der Waals surface area contributed by atoms with Gasteiger partial charge in [-0.05, 0) is 123 Å². The lowest BCUT2D eigenvalue weighted by Crippen LogP contribution is -2.55. The molecule has 24 heteroatoms. The minimum Gasteiger partial charge on any atom is -0.462 e. The Morgan fingerprint density at radius 3 is 1.88 bits per heavy atom. The number of ether oxygens (including phenoxy) is 2. The molecule has 5 saturated heterocycles. The number of fused-ring (bicyclic) bond motifs is 5. The number of halogens is 6. The first-order valence-electron chi connectivity index (χ1n) is 32.3. The van der Waals surface area contributed by atoms with Crippen LogP contribution in [0.2, 0.25) is 10.0 Å². The van der Waals surface area contributed by atoms with Crippen molar-refractivity contribution in [1.82, 2.24) is 39.5 Å². The fourth-order valence-electron chi connectivity index (χ4n) is 16.6. The van der Waals surface area contributed by atoms with Crippen LogP contribution in [0.15, 0.2) is 79.4 Å². The van der Waals surface area contributed by atoms with Crippen molar-refractivity contribution in [3.05, 3.63) is 129 Å². The number of likely N-dealkylation sites (N-methyl/N-ethyl adjacent to an activating group) is 1. The maximum Gasteiger partial charge on any atom is 0.318 e. The van der Waals surface area contributed by atoms with Gasteiger partial charge < -0.3 is 38.9 Å². The van der Waals surface area contributed by atoms with E-state index in [2.05, 4.69) is 51.8 Å². The van der Waals surface area contributed by atoms with Crippen molar-refractivity contribution in [2.24, 2.45) is 5.41 Å². The Labute approximate surface area is 547 Å². The minimum atomic E-state index is -1.09. The number of amides is 2. The maximum absolute atomic E-state index is 17.5. The first-order chi connectivity index (χ1) is 45.0. The highest BCUT2D eigenvalue weighted by Gasteiger charge is 2.67. The first-order valence-corrected chi connectivity index (χ1v) is 33.1. The predicted octanol–water partition coefficient (Wildman–Crippen LogP) is 10.8. The van der Waals surface area contributed by atoms with Crippen LogP contribution in [-0.2, 0) is 35.5 Å². The van der Waals surface area contributed by atoms with E-state index in [0.717, 1.165) is 104 Å². The zero-order valence-corrected chi connectivity index (χ0v) is 53.5. The fraction of sp³-hybridized carbons (Fsp3) is 0.478. The van der Waals surface area contributed by atoms with Crippen LogP contribution in [0.1, 0.15) is 92.3 Å². The molecule has 6 aromatic rings. The molecule has 6 atom stereocenters. The molecule has 14 rings (SSSR count). The lowest BCUT2D eigenvalue weighted by Gasteiger charge is -2.42. The van der Waals surface area contributed by atoms with Crippen molar-refractivity contribution in [1.29, 1.82) is 10.5 Å². The van der Waals surface area contributed by atoms with Crippen molar-refractivity contribution < 1.29 is 36.6 Å². The van der Waals surface area contributed by atoms with Gasteiger partial charge in [-0.3, -0.25) is 19.4 Å². The summed E-state index contributed by atoms with van der Waals surface area (Å²) in [6.07, 6.45) is 6.42. The van der Waals surface area contributed by atoms with Crippen LogP contribution in [0.3, 0.4) is 0 Å². The van der Waals surface area contributed by atoms with E-state index in [1.165, 1.54) is 15.9 Å². The number of carbonyl (C=O) groups is 2. The molecule has 4 aromatic carbocycles. The number of nitrogens with zero attached hydrogens (tertiary/aromatic N) is 14. The smallest absolute Gasteiger partial charge is 0.318 e. The molecule has 1 aliphatic carbocycles. The quantitative estimate of drug-likeness (QED) is 0.0660. The van der Waals surface area contributed by atoms with Crippen molar-refractivity contribution >= 4 is 79.6 Å². The van der Waals surface area contributed by atoms with Gasteiger partial charge in [-0.2, -0.15) is 30.5 Å². The van der Waals surface area contributed by atoms with Gasteiger partial charge >= 0.3 is 12.0 Å². The monoisotopic (exact) mass is 1310 g/mol. The van der Waals surface area contributed by atoms with E-state index in [1.54, 1.807) is 6.07 Å². The molecule has 1 saturated carbocycles. The molecule has 484 valence electrons. The van der Waals surface area contributed by atoms with Gasteiger partial charge in [0.2, 0.25) is 0 Å². The summed E-state index contributed by atoms with van der Waals surface area (Å²) >= 11 is 14.0. The second kappa shape index (κ2) is 25.0. The molecule has 2 amide bonds. The summed E-state index contributed by atoms with van der Waals surface area (Å²) in [6.45, 7) is 16.0. The zero-order valence-electron chi connectivity index (χ0n) is 52.0. The highest BCUT2D eigenvalue weighted by molar-refractivity contribution is 6.37. The Hall–Kier alpha value is -8.02. The molecule has 0 N–H and O–H groups in total. The molecule has 2 aromatic heterocycles. The molecule has 9 heterocycles. The van der Waals surface area contributed by atoms with E-state index in [9.17, 15) is 28.9 Å². The summed E-state index contributed by atoms with van der Waals surface area (Å²) in [5, 5.41) is 22.6. The van der Waals surface area contributed by atoms with Crippen LogP contribution in [-0.4, -0.2) is 167 Å². The summed E-state index contributed by atoms with van der Waals surface area (Å²) in [4.78, 5) is 62.3. The highest BCUT2D eigenvalue weighted by Crippen LogP contribution is 2.69. The molecule has 93 heavy (non-hydrogen) atoms. The number of likely N-dealkylation sites (tertiary alicyclic amines) is 1. The van der Waals surface area contributed by atoms with Gasteiger partial charge in [-0.1, -0.05) is 73.6 Å². The van der Waals surface area contributed by atoms with Gasteiger partial charge in [0.05, 0.1) is 77.1 Å². The normalized spacial score (nSPS) is 24.5. The second-order valence-corrected chi connectivity index (χ2v) is 27.1. The molecule has 7 aliphatic heterocycles. The molecule has 18 nitrogen and oxygen atoms in total. The fourth-order valence-corrected chi connectivity index (χ4v) is 17.2. The number of rotatable bonds is 16. The number of hydrogen-bond donors (Lipinski definition) is 0. The third kappa shape index (κ3) is 11.4. The van der Waals surface area contributed by atoms with Crippen LogP contribution < -0.4 is 29.1 Å². The molecule has 8 aliphatic rings. The number of aromatic nitrogens is 4. The van der Waals surface area contributed by atoms with E-state index in [4.69, 9.17) is 52.6 Å². The molecule has 0 radical (unpaired) electrons. The summed E-state index contributed by atoms with van der Waals surface area (Å²) in [5.41, 5.74) is 4.73. The molecular formula is C69H72Cl2F4N14O4. The molecule has 1 spiro atoms. The summed E-state index contributed by atoms with van der Waals surface area (Å²) in [7, 11) is 0. The lowest BCUT2D eigenvalue weighted by atomic mass is 9.86. The number of benzene rings is 4. The van der Waals surface area contributed by atoms with Crippen LogP contribution in [0, 0.1) is 39.7 Å². The molecule has 0 bridgehead atoms. The Morgan fingerprint density at radius 2 is 1.29 bits per heavy atom. The van der Waals surface area contributed by atoms with Gasteiger partial charge in [-0.15, -0.1) is 0 Å². The SMILES string of the molecule is C=C(F)C(=O)N1CCN(c2nc(OCC34CCCN3CC3(CC3c3cc5cccc(N6CCc7c(nc(OC[C@@H]8CCCN8CC)nc7N7CCN(C(=O)C(=C)F)[C@@H](CC#N)C7)C6)c5c(Cl)c3F)C4)nc3c2CCN(c2cccc4ccc(F)c(Cl)c24)C3)C[C@@H]1CC#N. The third-order valence-corrected chi connectivity index (χ3v) is 21.9. The number of hydrogen-bond acceptors (Lipinski definition) is 16. The van der Waals surface area contributed by atoms with Crippen LogP contribution in [0.4, 0.5) is 40.6 Å². The van der Waals surface area contributed by atoms with Crippen molar-refractivity contribution in [3.8, 4) is 24.2 Å². The Morgan fingerprint density at radius 1 is 0.699 bits per heavy atom. The Balaban J connectivity index is 0.725. The third-order valence-electron chi connectivity index (χ3n) is 21.2. The lowest BCUT2D eigenvalue weighted by molar-refractivity contribution is -0.132. The van der Waals surface area contributed by atoms with Crippen LogP contribution in [0.25, 0.3) is 21.5 Å². The minimum absolute atomic E-state index is 0.000442. The zero-order chi connectivity index (χ0) is 64.6. The van der Waals surface area contributed by atoms with Gasteiger partial charge in [0.1, 0.15) is 36.5 Å². The maximum atomic E-state index is 17.5. The number of anilines is 4. The van der Waals surface area contributed by atoms with E-state index in [0.29, 0.717) is 92.4 Å². The standard InChI is InChI=1S/C69H72Cl2F4N14O4/c1-4-82-23-7-11-47(82)37-92-66-78-53-35-84(26-19-48(53)62(80-66)85-27-29-88(64(90)41(2)72)45(33-85)16-21-76)56-13-6-10-44-31-50(61(75)60(71)58(44)56)51-32-68(51)38-69(20-8-24-87(69)39-68)40-93-67-79-54-36-83(55-12-5-9-43-14-15-52(74)59(70)57(43)55)25-18-49(54)63(81-67)86-28-30-89(65(91)42(3)73)46(34-86)17-22-77/h5-6,9-10,12-15,31,45-47,51H,2-4,7-8,11,16-20,23-30,32-40H2,1H3/t45-,46-,47-,51?,68?,69?/m0/s1. The molecule has 6 fully saturated rings. The summed E-state index contributed by atoms with van der Waals surface area (Å²) < 4.78 is 74.5. The Bertz CT molecular complexity index is 4130. The van der Waals surface area contributed by atoms with Gasteiger partial charge in [0, 0.05) is 98.2 Å². The molecular weight excluding hydrogens is 1240 g/mol. The van der Waals surface area contributed by atoms with Crippen LogP contribution in [0.5, 0.6) is 12.0 Å². The van der Waals surface area contributed by atoms with Gasteiger partial charge in [0.25, 0.3) is 11.8 Å². The predicted molar refractivity (Wildman–Crippen MR) is 347 cm³/mol. The summed E-state index contributed by atoms with van der Waals surface area (Å²) in [6, 6.07) is 20.5. The molecule has 3 unspecified atom stereocenters. The average molecular weight is 1310 g/mol. The number of nitriles is 2. The van der Waals surface area contributed by atoms with E-state index >= 15 is 8.78 Å². The van der Waals surface area contributed by atoms with E-state index in [1.807, 2.05) is 52.3 Å². The van der Waals surface area contributed by atoms with Crippen molar-refractivity contribution in [2.75, 3.05) is 111 Å². The van der Waals surface area contributed by atoms with E-state index in [-0.39, 0.29) is 85.1 Å². The first kappa shape index (κ1) is 62.4. The number of piperazine rings is 2. The van der Waals surface area contributed by atoms with Gasteiger partial charge in [0.15, 0.2) is 11.7 Å². The topological polar surface area (TPSA) is 178 Å². The highest BCUT2D eigenvalue weighted by atomic mass is 35.5. The Kier molecular flexibility index (Phi) is 16.8. The van der Waals surface area contributed by atoms with Crippen molar-refractivity contribution in [2.45, 2.75) is 114 Å². The van der Waals surface area contributed by atoms with Crippen molar-refractivity contribution in [3.63, 3.8) is 0 Å². The average Bonchev–Trinajstić information content (AvgIpc) is 1.54. The largest absolute Gasteiger partial charge is 0.462 e. The van der Waals surface area contributed by atoms with Gasteiger partial charge in [-0.25, -0.2) is 17.6 Å². The number of carbonyl (C=O) groups excluding carboxylic acids is 2. The second-order valence-electron chi connectivity index (χ2n) is 26.4. The summed E-state index contributed by atoms with van der Waals surface area (Å²) in [5.74, 6) is -3.60. The van der Waals surface area contributed by atoms with E-state index < -0.39 is 52.7 Å².